The second kappa shape index (κ2) is 8.14. The highest BCUT2D eigenvalue weighted by Crippen LogP contribution is 2.20. The summed E-state index contributed by atoms with van der Waals surface area (Å²) in [5.41, 5.74) is 3.40. The van der Waals surface area contributed by atoms with Gasteiger partial charge in [-0.3, -0.25) is 4.79 Å². The fraction of sp³-hybridized carbons (Fsp3) is 0.263. The summed E-state index contributed by atoms with van der Waals surface area (Å²) in [6.45, 7) is 0.389. The van der Waals surface area contributed by atoms with Gasteiger partial charge in [-0.25, -0.2) is 0 Å². The van der Waals surface area contributed by atoms with E-state index < -0.39 is 6.10 Å². The van der Waals surface area contributed by atoms with E-state index in [9.17, 15) is 4.79 Å². The van der Waals surface area contributed by atoms with Crippen LogP contribution in [0.5, 0.6) is 0 Å². The number of rotatable bonds is 6. The molecule has 1 atom stereocenters. The Balaban J connectivity index is 2.01. The van der Waals surface area contributed by atoms with Crippen LogP contribution in [-0.4, -0.2) is 27.1 Å². The minimum atomic E-state index is -0.653. The van der Waals surface area contributed by atoms with Crippen LogP contribution in [0.25, 0.3) is 0 Å². The lowest BCUT2D eigenvalue weighted by atomic mass is 10.1. The number of carbonyl (C=O) groups is 1. The van der Waals surface area contributed by atoms with Crippen LogP contribution in [-0.2, 0) is 16.1 Å². The van der Waals surface area contributed by atoms with Crippen LogP contribution in [0.4, 0.5) is 5.69 Å². The maximum Gasteiger partial charge on any atom is 0.254 e. The first-order chi connectivity index (χ1) is 11.5. The quantitative estimate of drug-likeness (QED) is 0.887. The summed E-state index contributed by atoms with van der Waals surface area (Å²) in [7, 11) is 5.45. The smallest absolute Gasteiger partial charge is 0.254 e. The maximum absolute atomic E-state index is 12.4. The molecule has 1 amide bonds. The summed E-state index contributed by atoms with van der Waals surface area (Å²) in [5.74, 6) is -0.195. The molecular formula is C19H21N3O2. The van der Waals surface area contributed by atoms with Crippen LogP contribution in [0, 0.1) is 11.3 Å². The van der Waals surface area contributed by atoms with Gasteiger partial charge in [0.2, 0.25) is 0 Å². The average Bonchev–Trinajstić information content (AvgIpc) is 2.61. The number of nitriles is 1. The number of nitrogens with zero attached hydrogens (tertiary/aromatic N) is 2. The molecule has 0 aliphatic heterocycles. The van der Waals surface area contributed by atoms with Gasteiger partial charge in [-0.2, -0.15) is 5.26 Å². The van der Waals surface area contributed by atoms with Crippen LogP contribution >= 0.6 is 0 Å². The van der Waals surface area contributed by atoms with Crippen LogP contribution in [0.3, 0.4) is 0 Å². The third kappa shape index (κ3) is 4.34. The van der Waals surface area contributed by atoms with Gasteiger partial charge in [0.1, 0.15) is 0 Å². The van der Waals surface area contributed by atoms with E-state index in [2.05, 4.69) is 11.4 Å². The Morgan fingerprint density at radius 2 is 1.79 bits per heavy atom. The zero-order chi connectivity index (χ0) is 17.5. The zero-order valence-electron chi connectivity index (χ0n) is 14.1. The molecule has 5 nitrogen and oxygen atoms in total. The van der Waals surface area contributed by atoms with Crippen LogP contribution < -0.4 is 10.2 Å². The molecule has 0 aliphatic rings. The van der Waals surface area contributed by atoms with Gasteiger partial charge in [0, 0.05) is 33.4 Å². The van der Waals surface area contributed by atoms with Crippen molar-refractivity contribution in [1.82, 2.24) is 5.32 Å². The second-order valence-corrected chi connectivity index (χ2v) is 5.63. The summed E-state index contributed by atoms with van der Waals surface area (Å²) < 4.78 is 5.35. The van der Waals surface area contributed by atoms with E-state index in [4.69, 9.17) is 10.00 Å². The number of ether oxygens (including phenoxy) is 1. The number of benzene rings is 2. The summed E-state index contributed by atoms with van der Waals surface area (Å²) in [4.78, 5) is 14.4. The number of carbonyl (C=O) groups excluding carboxylic acids is 1. The molecule has 24 heavy (non-hydrogen) atoms. The summed E-state index contributed by atoms with van der Waals surface area (Å²) in [5, 5.41) is 11.7. The van der Waals surface area contributed by atoms with Gasteiger partial charge in [-0.05, 0) is 35.4 Å². The number of amides is 1. The van der Waals surface area contributed by atoms with Crippen molar-refractivity contribution < 1.29 is 9.53 Å². The Morgan fingerprint density at radius 1 is 1.17 bits per heavy atom. The van der Waals surface area contributed by atoms with Crippen molar-refractivity contribution >= 4 is 11.6 Å². The molecule has 2 aromatic rings. The molecule has 0 aromatic heterocycles. The van der Waals surface area contributed by atoms with E-state index in [0.29, 0.717) is 12.1 Å². The molecular weight excluding hydrogens is 302 g/mol. The van der Waals surface area contributed by atoms with E-state index in [0.717, 1.165) is 16.8 Å². The van der Waals surface area contributed by atoms with Crippen LogP contribution in [0.1, 0.15) is 22.8 Å². The number of anilines is 1. The molecule has 0 aliphatic carbocycles. The highest BCUT2D eigenvalue weighted by Gasteiger charge is 2.19. The van der Waals surface area contributed by atoms with E-state index in [1.807, 2.05) is 55.4 Å². The molecule has 0 spiro atoms. The highest BCUT2D eigenvalue weighted by molar-refractivity contribution is 5.82. The van der Waals surface area contributed by atoms with Crippen molar-refractivity contribution in [3.63, 3.8) is 0 Å². The van der Waals surface area contributed by atoms with Crippen molar-refractivity contribution in [2.75, 3.05) is 26.1 Å². The Bertz CT molecular complexity index is 716. The molecule has 0 saturated carbocycles. The van der Waals surface area contributed by atoms with Crippen molar-refractivity contribution in [2.45, 2.75) is 12.6 Å². The van der Waals surface area contributed by atoms with E-state index in [1.165, 1.54) is 7.11 Å². The fourth-order valence-corrected chi connectivity index (χ4v) is 2.32. The maximum atomic E-state index is 12.4. The molecule has 0 bridgehead atoms. The fourth-order valence-electron chi connectivity index (χ4n) is 2.32. The molecule has 1 N–H and O–H groups in total. The summed E-state index contributed by atoms with van der Waals surface area (Å²) in [6.07, 6.45) is -0.653. The van der Waals surface area contributed by atoms with Crippen molar-refractivity contribution in [3.8, 4) is 6.07 Å². The molecule has 124 valence electrons. The lowest BCUT2D eigenvalue weighted by Crippen LogP contribution is -2.30. The highest BCUT2D eigenvalue weighted by atomic mass is 16.5. The van der Waals surface area contributed by atoms with Crippen LogP contribution in [0.15, 0.2) is 48.5 Å². The minimum Gasteiger partial charge on any atom is -0.378 e. The van der Waals surface area contributed by atoms with Gasteiger partial charge in [0.05, 0.1) is 11.6 Å². The lowest BCUT2D eigenvalue weighted by Gasteiger charge is -2.18. The first-order valence-corrected chi connectivity index (χ1v) is 7.62. The van der Waals surface area contributed by atoms with Crippen LogP contribution in [0.2, 0.25) is 0 Å². The second-order valence-electron chi connectivity index (χ2n) is 5.63. The molecule has 0 saturated heterocycles. The Labute approximate surface area is 142 Å². The summed E-state index contributed by atoms with van der Waals surface area (Å²) in [6, 6.07) is 16.9. The standard InChI is InChI=1S/C19H21N3O2/c1-22(2)17-10-8-16(9-11-17)18(24-3)19(23)21-13-15-6-4-14(12-20)5-7-15/h4-11,18H,13H2,1-3H3,(H,21,23)/t18-/m0/s1. The van der Waals surface area contributed by atoms with Crippen molar-refractivity contribution in [2.24, 2.45) is 0 Å². The van der Waals surface area contributed by atoms with Gasteiger partial charge >= 0.3 is 0 Å². The normalized spacial score (nSPS) is 11.4. The third-order valence-electron chi connectivity index (χ3n) is 3.74. The van der Waals surface area contributed by atoms with E-state index in [-0.39, 0.29) is 5.91 Å². The SMILES string of the molecule is CO[C@H](C(=O)NCc1ccc(C#N)cc1)c1ccc(N(C)C)cc1. The Morgan fingerprint density at radius 3 is 2.29 bits per heavy atom. The largest absolute Gasteiger partial charge is 0.378 e. The topological polar surface area (TPSA) is 65.4 Å². The molecule has 0 fully saturated rings. The van der Waals surface area contributed by atoms with Gasteiger partial charge in [0.15, 0.2) is 6.10 Å². The molecule has 2 rings (SSSR count). The third-order valence-corrected chi connectivity index (χ3v) is 3.74. The van der Waals surface area contributed by atoms with E-state index >= 15 is 0 Å². The predicted molar refractivity (Wildman–Crippen MR) is 93.5 cm³/mol. The van der Waals surface area contributed by atoms with E-state index in [1.54, 1.807) is 12.1 Å². The molecule has 0 radical (unpaired) electrons. The molecule has 0 heterocycles. The summed E-state index contributed by atoms with van der Waals surface area (Å²) >= 11 is 0. The van der Waals surface area contributed by atoms with Gasteiger partial charge in [-0.15, -0.1) is 0 Å². The van der Waals surface area contributed by atoms with Crippen molar-refractivity contribution in [3.05, 3.63) is 65.2 Å². The Kier molecular flexibility index (Phi) is 5.94. The van der Waals surface area contributed by atoms with Crippen molar-refractivity contribution in [1.29, 1.82) is 5.26 Å². The predicted octanol–water partition coefficient (Wildman–Crippen LogP) is 2.63. The van der Waals surface area contributed by atoms with Gasteiger partial charge < -0.3 is 15.0 Å². The minimum absolute atomic E-state index is 0.195. The first-order valence-electron chi connectivity index (χ1n) is 7.62. The molecule has 2 aromatic carbocycles. The lowest BCUT2D eigenvalue weighted by molar-refractivity contribution is -0.131. The monoisotopic (exact) mass is 323 g/mol. The zero-order valence-corrected chi connectivity index (χ0v) is 14.1. The number of methoxy groups -OCH3 is 1. The number of nitrogens with one attached hydrogen (secondary N) is 1. The Hall–Kier alpha value is -2.84. The van der Waals surface area contributed by atoms with Gasteiger partial charge in [0.25, 0.3) is 5.91 Å². The number of hydrogen-bond acceptors (Lipinski definition) is 4. The first kappa shape index (κ1) is 17.5. The number of hydrogen-bond donors (Lipinski definition) is 1. The van der Waals surface area contributed by atoms with Gasteiger partial charge in [-0.1, -0.05) is 24.3 Å². The average molecular weight is 323 g/mol. The molecule has 5 heteroatoms. The molecule has 0 unspecified atom stereocenters.